The third-order valence-corrected chi connectivity index (χ3v) is 3.88. The number of benzene rings is 1. The number of rotatable bonds is 7. The Kier molecular flexibility index (Phi) is 6.73. The Morgan fingerprint density at radius 2 is 2.05 bits per heavy atom. The van der Waals surface area contributed by atoms with E-state index in [1.54, 1.807) is 0 Å². The maximum absolute atomic E-state index is 11.4. The van der Waals surface area contributed by atoms with Crippen molar-refractivity contribution in [2.24, 2.45) is 5.92 Å². The lowest BCUT2D eigenvalue weighted by Crippen LogP contribution is -2.13. The summed E-state index contributed by atoms with van der Waals surface area (Å²) >= 11 is 0. The molecular formula is C17H26O3. The van der Waals surface area contributed by atoms with Crippen molar-refractivity contribution in [2.45, 2.75) is 52.6 Å². The molecule has 1 unspecified atom stereocenters. The lowest BCUT2D eigenvalue weighted by molar-refractivity contribution is -0.140. The van der Waals surface area contributed by atoms with Crippen molar-refractivity contribution in [3.63, 3.8) is 0 Å². The molecule has 0 spiro atoms. The van der Waals surface area contributed by atoms with Gasteiger partial charge in [0.05, 0.1) is 13.7 Å². The minimum absolute atomic E-state index is 0.0424. The average molecular weight is 278 g/mol. The summed E-state index contributed by atoms with van der Waals surface area (Å²) in [6.45, 7) is 6.47. The highest BCUT2D eigenvalue weighted by atomic mass is 16.5. The van der Waals surface area contributed by atoms with Crippen molar-refractivity contribution in [3.8, 4) is 0 Å². The Hall–Kier alpha value is -1.35. The van der Waals surface area contributed by atoms with Gasteiger partial charge in [0, 0.05) is 6.42 Å². The van der Waals surface area contributed by atoms with Crippen LogP contribution in [0.5, 0.6) is 0 Å². The van der Waals surface area contributed by atoms with Gasteiger partial charge in [0.25, 0.3) is 0 Å². The molecule has 0 aromatic heterocycles. The third-order valence-electron chi connectivity index (χ3n) is 3.88. The zero-order chi connectivity index (χ0) is 15.1. The second-order valence-corrected chi connectivity index (χ2v) is 5.51. The van der Waals surface area contributed by atoms with Gasteiger partial charge in [0.1, 0.15) is 0 Å². The third kappa shape index (κ3) is 4.34. The number of esters is 1. The lowest BCUT2D eigenvalue weighted by Gasteiger charge is -2.24. The van der Waals surface area contributed by atoms with E-state index in [4.69, 9.17) is 4.74 Å². The molecule has 1 N–H and O–H groups in total. The summed E-state index contributed by atoms with van der Waals surface area (Å²) in [5, 5.41) is 9.54. The van der Waals surface area contributed by atoms with Crippen LogP contribution in [0.4, 0.5) is 0 Å². The summed E-state index contributed by atoms with van der Waals surface area (Å²) in [4.78, 5) is 11.4. The van der Waals surface area contributed by atoms with Crippen molar-refractivity contribution < 1.29 is 14.6 Å². The Labute approximate surface area is 122 Å². The fraction of sp³-hybridized carbons (Fsp3) is 0.588. The van der Waals surface area contributed by atoms with Gasteiger partial charge in [0.15, 0.2) is 0 Å². The normalized spacial score (nSPS) is 12.5. The van der Waals surface area contributed by atoms with E-state index >= 15 is 0 Å². The number of methoxy groups -OCH3 is 1. The van der Waals surface area contributed by atoms with Crippen LogP contribution in [0.15, 0.2) is 18.2 Å². The zero-order valence-electron chi connectivity index (χ0n) is 13.0. The lowest BCUT2D eigenvalue weighted by atomic mass is 9.81. The molecule has 1 atom stereocenters. The maximum atomic E-state index is 11.4. The van der Waals surface area contributed by atoms with Crippen LogP contribution in [0.25, 0.3) is 0 Å². The van der Waals surface area contributed by atoms with Crippen LogP contribution in [-0.2, 0) is 22.6 Å². The van der Waals surface area contributed by atoms with E-state index < -0.39 is 0 Å². The molecule has 0 saturated heterocycles. The van der Waals surface area contributed by atoms with Crippen LogP contribution in [0, 0.1) is 5.92 Å². The molecule has 1 aromatic rings. The van der Waals surface area contributed by atoms with Gasteiger partial charge >= 0.3 is 5.97 Å². The molecule has 20 heavy (non-hydrogen) atoms. The molecule has 3 heteroatoms. The Morgan fingerprint density at radius 1 is 1.35 bits per heavy atom. The number of hydrogen-bond donors (Lipinski definition) is 1. The van der Waals surface area contributed by atoms with Gasteiger partial charge in [-0.05, 0) is 41.4 Å². The highest BCUT2D eigenvalue weighted by Gasteiger charge is 2.20. The van der Waals surface area contributed by atoms with Crippen molar-refractivity contribution in [3.05, 3.63) is 34.9 Å². The molecule has 0 aliphatic heterocycles. The molecule has 1 rings (SSSR count). The number of aryl methyl sites for hydroxylation is 1. The Bertz CT molecular complexity index is 438. The largest absolute Gasteiger partial charge is 0.469 e. The van der Waals surface area contributed by atoms with Gasteiger partial charge in [-0.15, -0.1) is 0 Å². The van der Waals surface area contributed by atoms with Crippen LogP contribution in [0.3, 0.4) is 0 Å². The summed E-state index contributed by atoms with van der Waals surface area (Å²) in [7, 11) is 1.42. The van der Waals surface area contributed by atoms with Crippen LogP contribution >= 0.6 is 0 Å². The number of carbonyl (C=O) groups excluding carboxylic acids is 1. The van der Waals surface area contributed by atoms with Gasteiger partial charge in [-0.25, -0.2) is 0 Å². The van der Waals surface area contributed by atoms with E-state index in [1.807, 2.05) is 6.07 Å². The number of ether oxygens (including phenoxy) is 1. The number of hydrogen-bond acceptors (Lipinski definition) is 3. The molecule has 0 heterocycles. The molecule has 0 fully saturated rings. The van der Waals surface area contributed by atoms with Crippen molar-refractivity contribution in [1.29, 1.82) is 0 Å². The van der Waals surface area contributed by atoms with Gasteiger partial charge < -0.3 is 9.84 Å². The molecule has 0 aliphatic carbocycles. The smallest absolute Gasteiger partial charge is 0.305 e. The second kappa shape index (κ2) is 8.05. The molecule has 0 aliphatic rings. The number of carbonyl (C=O) groups is 1. The molecular weight excluding hydrogens is 252 g/mol. The highest BCUT2D eigenvalue weighted by molar-refractivity contribution is 5.69. The van der Waals surface area contributed by atoms with Crippen LogP contribution in [0.1, 0.15) is 56.2 Å². The van der Waals surface area contributed by atoms with E-state index in [-0.39, 0.29) is 18.5 Å². The zero-order valence-corrected chi connectivity index (χ0v) is 13.0. The second-order valence-electron chi connectivity index (χ2n) is 5.51. The standard InChI is InChI=1S/C17H26O3/c1-5-13-6-7-14(11-18)16(10-13)15(12(2)3)8-9-17(19)20-4/h6-7,10,12,15,18H,5,8-9,11H2,1-4H3. The van der Waals surface area contributed by atoms with Gasteiger partial charge in [0.2, 0.25) is 0 Å². The monoisotopic (exact) mass is 278 g/mol. The predicted octanol–water partition coefficient (Wildman–Crippen LogP) is 3.43. The van der Waals surface area contributed by atoms with Crippen molar-refractivity contribution >= 4 is 5.97 Å². The minimum atomic E-state index is -0.173. The average Bonchev–Trinajstić information content (AvgIpc) is 2.46. The van der Waals surface area contributed by atoms with E-state index in [0.29, 0.717) is 12.3 Å². The van der Waals surface area contributed by atoms with Crippen LogP contribution < -0.4 is 0 Å². The van der Waals surface area contributed by atoms with E-state index in [0.717, 1.165) is 18.4 Å². The van der Waals surface area contributed by atoms with Gasteiger partial charge in [-0.2, -0.15) is 0 Å². The molecule has 1 aromatic carbocycles. The first-order valence-electron chi connectivity index (χ1n) is 7.32. The van der Waals surface area contributed by atoms with Crippen LogP contribution in [-0.4, -0.2) is 18.2 Å². The fourth-order valence-corrected chi connectivity index (χ4v) is 2.58. The first-order chi connectivity index (χ1) is 9.53. The summed E-state index contributed by atoms with van der Waals surface area (Å²) < 4.78 is 4.73. The van der Waals surface area contributed by atoms with Gasteiger partial charge in [-0.3, -0.25) is 4.79 Å². The molecule has 112 valence electrons. The predicted molar refractivity (Wildman–Crippen MR) is 80.6 cm³/mol. The van der Waals surface area contributed by atoms with Crippen LogP contribution in [0.2, 0.25) is 0 Å². The van der Waals surface area contributed by atoms with E-state index in [9.17, 15) is 9.90 Å². The Morgan fingerprint density at radius 3 is 2.55 bits per heavy atom. The molecule has 3 nitrogen and oxygen atoms in total. The number of aliphatic hydroxyl groups is 1. The molecule has 0 amide bonds. The number of aliphatic hydroxyl groups excluding tert-OH is 1. The minimum Gasteiger partial charge on any atom is -0.469 e. The summed E-state index contributed by atoms with van der Waals surface area (Å²) in [6.07, 6.45) is 2.14. The first-order valence-corrected chi connectivity index (χ1v) is 7.32. The summed E-state index contributed by atoms with van der Waals surface area (Å²) in [5.74, 6) is 0.507. The Balaban J connectivity index is 3.03. The van der Waals surface area contributed by atoms with Crippen molar-refractivity contribution in [2.75, 3.05) is 7.11 Å². The topological polar surface area (TPSA) is 46.5 Å². The van der Waals surface area contributed by atoms with E-state index in [1.165, 1.54) is 18.2 Å². The van der Waals surface area contributed by atoms with E-state index in [2.05, 4.69) is 32.9 Å². The van der Waals surface area contributed by atoms with Gasteiger partial charge in [-0.1, -0.05) is 39.0 Å². The highest BCUT2D eigenvalue weighted by Crippen LogP contribution is 2.32. The summed E-state index contributed by atoms with van der Waals surface area (Å²) in [5.41, 5.74) is 3.40. The SMILES string of the molecule is CCc1ccc(CO)c(C(CCC(=O)OC)C(C)C)c1. The molecule has 0 saturated carbocycles. The van der Waals surface area contributed by atoms with Crippen molar-refractivity contribution in [1.82, 2.24) is 0 Å². The molecule has 0 bridgehead atoms. The molecule has 0 radical (unpaired) electrons. The maximum Gasteiger partial charge on any atom is 0.305 e. The summed E-state index contributed by atoms with van der Waals surface area (Å²) in [6, 6.07) is 6.24. The quantitative estimate of drug-likeness (QED) is 0.777. The fourth-order valence-electron chi connectivity index (χ4n) is 2.58. The first kappa shape index (κ1) is 16.7.